The Kier molecular flexibility index (Phi) is 7.08. The van der Waals surface area contributed by atoms with Crippen molar-refractivity contribution in [2.24, 2.45) is 0 Å². The van der Waals surface area contributed by atoms with Crippen molar-refractivity contribution in [1.82, 2.24) is 15.3 Å². The standard InChI is InChI=1S/C21H25N3O3S/c1-14-6-3-4-9-19(14)28-11-10-22-12-16(25)13-27-18-8-5-7-17-20(18)23-15(2)21(26)24-17/h3-9,16,22,25H,10-13H2,1-2H3,(H,24,26). The van der Waals surface area contributed by atoms with E-state index in [9.17, 15) is 9.90 Å². The summed E-state index contributed by atoms with van der Waals surface area (Å²) in [6.07, 6.45) is -0.637. The van der Waals surface area contributed by atoms with Gasteiger partial charge in [-0.1, -0.05) is 24.3 Å². The summed E-state index contributed by atoms with van der Waals surface area (Å²) in [5.74, 6) is 1.48. The zero-order valence-corrected chi connectivity index (χ0v) is 16.9. The summed E-state index contributed by atoms with van der Waals surface area (Å²) < 4.78 is 5.74. The quantitative estimate of drug-likeness (QED) is 0.379. The largest absolute Gasteiger partial charge is 0.488 e. The number of aliphatic hydroxyl groups excluding tert-OH is 1. The lowest BCUT2D eigenvalue weighted by Crippen LogP contribution is -2.32. The molecule has 0 saturated carbocycles. The zero-order valence-electron chi connectivity index (χ0n) is 16.1. The highest BCUT2D eigenvalue weighted by Crippen LogP contribution is 2.22. The van der Waals surface area contributed by atoms with Gasteiger partial charge < -0.3 is 20.1 Å². The maximum absolute atomic E-state index is 11.7. The highest BCUT2D eigenvalue weighted by molar-refractivity contribution is 7.99. The average molecular weight is 400 g/mol. The maximum Gasteiger partial charge on any atom is 0.269 e. The number of aryl methyl sites for hydroxylation is 2. The minimum absolute atomic E-state index is 0.150. The minimum atomic E-state index is -0.637. The fourth-order valence-electron chi connectivity index (χ4n) is 2.75. The second kappa shape index (κ2) is 9.73. The number of ether oxygens (including phenoxy) is 1. The van der Waals surface area contributed by atoms with Crippen molar-refractivity contribution in [2.45, 2.75) is 24.8 Å². The summed E-state index contributed by atoms with van der Waals surface area (Å²) >= 11 is 1.80. The van der Waals surface area contributed by atoms with Crippen LogP contribution in [0.4, 0.5) is 0 Å². The first-order chi connectivity index (χ1) is 13.5. The Balaban J connectivity index is 1.44. The molecule has 0 fully saturated rings. The number of aliphatic hydroxyl groups is 1. The summed E-state index contributed by atoms with van der Waals surface area (Å²) in [5, 5.41) is 13.4. The van der Waals surface area contributed by atoms with Crippen molar-refractivity contribution >= 4 is 22.8 Å². The van der Waals surface area contributed by atoms with E-state index in [-0.39, 0.29) is 12.2 Å². The molecule has 0 aliphatic rings. The van der Waals surface area contributed by atoms with Crippen molar-refractivity contribution in [3.63, 3.8) is 0 Å². The molecule has 1 aromatic heterocycles. The average Bonchev–Trinajstić information content (AvgIpc) is 2.68. The van der Waals surface area contributed by atoms with Gasteiger partial charge in [0.15, 0.2) is 0 Å². The van der Waals surface area contributed by atoms with Crippen LogP contribution in [0.15, 0.2) is 52.2 Å². The summed E-state index contributed by atoms with van der Waals surface area (Å²) in [6, 6.07) is 13.7. The van der Waals surface area contributed by atoms with Gasteiger partial charge in [0.1, 0.15) is 29.7 Å². The van der Waals surface area contributed by atoms with Gasteiger partial charge in [0.05, 0.1) is 5.52 Å². The van der Waals surface area contributed by atoms with Crippen LogP contribution < -0.4 is 15.6 Å². The van der Waals surface area contributed by atoms with E-state index in [4.69, 9.17) is 4.74 Å². The van der Waals surface area contributed by atoms with Crippen LogP contribution in [0.1, 0.15) is 11.3 Å². The van der Waals surface area contributed by atoms with E-state index in [1.54, 1.807) is 36.9 Å². The van der Waals surface area contributed by atoms with E-state index < -0.39 is 6.10 Å². The first-order valence-corrected chi connectivity index (χ1v) is 10.2. The molecule has 0 spiro atoms. The summed E-state index contributed by atoms with van der Waals surface area (Å²) in [7, 11) is 0. The Bertz CT molecular complexity index is 990. The molecular weight excluding hydrogens is 374 g/mol. The fraction of sp³-hybridized carbons (Fsp3) is 0.333. The minimum Gasteiger partial charge on any atom is -0.488 e. The first kappa shape index (κ1) is 20.4. The number of rotatable bonds is 9. The SMILES string of the molecule is Cc1ccccc1SCCNCC(O)COc1cccc2[nH]c(=O)c(C)nc12. The van der Waals surface area contributed by atoms with Crippen molar-refractivity contribution in [2.75, 3.05) is 25.4 Å². The highest BCUT2D eigenvalue weighted by Gasteiger charge is 2.10. The number of nitrogens with one attached hydrogen (secondary N) is 2. The Hall–Kier alpha value is -2.35. The van der Waals surface area contributed by atoms with Gasteiger partial charge in [-0.3, -0.25) is 4.79 Å². The van der Waals surface area contributed by atoms with Crippen molar-refractivity contribution in [3.8, 4) is 5.75 Å². The number of hydrogen-bond donors (Lipinski definition) is 3. The molecule has 2 aromatic carbocycles. The molecule has 3 aromatic rings. The monoisotopic (exact) mass is 399 g/mol. The third kappa shape index (κ3) is 5.34. The number of aromatic amines is 1. The summed E-state index contributed by atoms with van der Waals surface area (Å²) in [5.41, 5.74) is 2.67. The van der Waals surface area contributed by atoms with Gasteiger partial charge in [-0.15, -0.1) is 11.8 Å². The Morgan fingerprint density at radius 3 is 2.86 bits per heavy atom. The number of fused-ring (bicyclic) bond motifs is 1. The molecule has 148 valence electrons. The van der Waals surface area contributed by atoms with E-state index in [0.717, 1.165) is 12.3 Å². The molecule has 3 rings (SSSR count). The number of aromatic nitrogens is 2. The van der Waals surface area contributed by atoms with E-state index in [0.29, 0.717) is 29.0 Å². The Labute approximate surface area is 168 Å². The van der Waals surface area contributed by atoms with E-state index in [1.807, 2.05) is 12.1 Å². The number of nitrogens with zero attached hydrogens (tertiary/aromatic N) is 1. The van der Waals surface area contributed by atoms with Crippen LogP contribution in [-0.2, 0) is 0 Å². The van der Waals surface area contributed by atoms with Gasteiger partial charge in [0.25, 0.3) is 5.56 Å². The molecule has 6 nitrogen and oxygen atoms in total. The lowest BCUT2D eigenvalue weighted by Gasteiger charge is -2.14. The van der Waals surface area contributed by atoms with Crippen LogP contribution in [0.25, 0.3) is 11.0 Å². The van der Waals surface area contributed by atoms with E-state index >= 15 is 0 Å². The van der Waals surface area contributed by atoms with Crippen molar-refractivity contribution < 1.29 is 9.84 Å². The molecular formula is C21H25N3O3S. The molecule has 1 atom stereocenters. The second-order valence-corrected chi connectivity index (χ2v) is 7.72. The Morgan fingerprint density at radius 1 is 1.21 bits per heavy atom. The number of hydrogen-bond acceptors (Lipinski definition) is 6. The van der Waals surface area contributed by atoms with Crippen LogP contribution in [0.2, 0.25) is 0 Å². The highest BCUT2D eigenvalue weighted by atomic mass is 32.2. The van der Waals surface area contributed by atoms with E-state index in [1.165, 1.54) is 10.5 Å². The number of thioether (sulfide) groups is 1. The smallest absolute Gasteiger partial charge is 0.269 e. The van der Waals surface area contributed by atoms with Crippen LogP contribution in [0, 0.1) is 13.8 Å². The molecule has 0 amide bonds. The van der Waals surface area contributed by atoms with Crippen LogP contribution in [0.3, 0.4) is 0 Å². The third-order valence-corrected chi connectivity index (χ3v) is 5.47. The Morgan fingerprint density at radius 2 is 2.04 bits per heavy atom. The van der Waals surface area contributed by atoms with Crippen molar-refractivity contribution in [3.05, 3.63) is 64.1 Å². The molecule has 3 N–H and O–H groups in total. The van der Waals surface area contributed by atoms with Gasteiger partial charge in [-0.2, -0.15) is 0 Å². The molecule has 0 saturated heterocycles. The van der Waals surface area contributed by atoms with Crippen LogP contribution >= 0.6 is 11.8 Å². The lowest BCUT2D eigenvalue weighted by molar-refractivity contribution is 0.108. The summed E-state index contributed by atoms with van der Waals surface area (Å²) in [4.78, 5) is 20.0. The number of H-pyrrole nitrogens is 1. The number of para-hydroxylation sites is 1. The topological polar surface area (TPSA) is 87.2 Å². The first-order valence-electron chi connectivity index (χ1n) is 9.24. The molecule has 0 radical (unpaired) electrons. The summed E-state index contributed by atoms with van der Waals surface area (Å²) in [6.45, 7) is 5.16. The van der Waals surface area contributed by atoms with Gasteiger partial charge in [0.2, 0.25) is 0 Å². The lowest BCUT2D eigenvalue weighted by atomic mass is 10.2. The maximum atomic E-state index is 11.7. The zero-order chi connectivity index (χ0) is 19.9. The molecule has 0 aliphatic heterocycles. The van der Waals surface area contributed by atoms with Crippen molar-refractivity contribution in [1.29, 1.82) is 0 Å². The predicted octanol–water partition coefficient (Wildman–Crippen LogP) is 2.66. The van der Waals surface area contributed by atoms with Gasteiger partial charge in [-0.05, 0) is 37.6 Å². The van der Waals surface area contributed by atoms with Gasteiger partial charge in [0, 0.05) is 23.7 Å². The third-order valence-electron chi connectivity index (χ3n) is 4.30. The predicted molar refractivity (Wildman–Crippen MR) is 113 cm³/mol. The molecule has 1 unspecified atom stereocenters. The van der Waals surface area contributed by atoms with Gasteiger partial charge >= 0.3 is 0 Å². The molecule has 0 bridgehead atoms. The van der Waals surface area contributed by atoms with E-state index in [2.05, 4.69) is 34.3 Å². The fourth-order valence-corrected chi connectivity index (χ4v) is 3.69. The normalized spacial score (nSPS) is 12.2. The molecule has 7 heteroatoms. The number of benzene rings is 2. The second-order valence-electron chi connectivity index (χ2n) is 6.59. The van der Waals surface area contributed by atoms with Gasteiger partial charge in [-0.25, -0.2) is 4.98 Å². The van der Waals surface area contributed by atoms with Crippen LogP contribution in [0.5, 0.6) is 5.75 Å². The van der Waals surface area contributed by atoms with Crippen LogP contribution in [-0.4, -0.2) is 46.6 Å². The molecule has 0 aliphatic carbocycles. The molecule has 1 heterocycles. The molecule has 28 heavy (non-hydrogen) atoms.